The highest BCUT2D eigenvalue weighted by Gasteiger charge is 1.91. The summed E-state index contributed by atoms with van der Waals surface area (Å²) in [5.74, 6) is 0. The Morgan fingerprint density at radius 2 is 1.27 bits per heavy atom. The normalized spacial score (nSPS) is 9.64. The van der Waals surface area contributed by atoms with E-state index in [9.17, 15) is 0 Å². The minimum atomic E-state index is 0.968. The lowest BCUT2D eigenvalue weighted by Gasteiger charge is -1.68. The quantitative estimate of drug-likeness (QED) is 0.604. The summed E-state index contributed by atoms with van der Waals surface area (Å²) < 4.78 is 5.08. The largest absolute Gasteiger partial charge is 0.457 e. The molecule has 0 saturated heterocycles. The second-order valence-corrected chi connectivity index (χ2v) is 2.57. The first-order valence-electron chi connectivity index (χ1n) is 4.14. The van der Waals surface area contributed by atoms with Gasteiger partial charge >= 0.3 is 0 Å². The van der Waals surface area contributed by atoms with Crippen LogP contribution in [-0.4, -0.2) is 0 Å². The summed E-state index contributed by atoms with van der Waals surface area (Å²) >= 11 is 0. The molecule has 11 heavy (non-hydrogen) atoms. The topological polar surface area (TPSA) is 13.1 Å². The lowest BCUT2D eigenvalue weighted by Crippen LogP contribution is -1.47. The summed E-state index contributed by atoms with van der Waals surface area (Å²) in [6.07, 6.45) is 2.64. The van der Waals surface area contributed by atoms with Crippen LogP contribution in [0.3, 0.4) is 0 Å². The van der Waals surface area contributed by atoms with Crippen LogP contribution in [0.4, 0.5) is 0 Å². The smallest absolute Gasteiger partial charge is 0.127 e. The molecule has 0 aliphatic carbocycles. The summed E-state index contributed by atoms with van der Waals surface area (Å²) in [6.45, 7) is 4.36. The highest BCUT2D eigenvalue weighted by atomic mass is 16.3. The maximum absolute atomic E-state index is 5.08. The predicted octanol–water partition coefficient (Wildman–Crippen LogP) is 3.68. The molecular weight excluding hydrogens is 136 g/mol. The first kappa shape index (κ1) is 8.12. The lowest BCUT2D eigenvalue weighted by atomic mass is 10.4. The average Bonchev–Trinajstić information content (AvgIpc) is 2.67. The molecule has 60 valence electrons. The van der Waals surface area contributed by atoms with E-state index >= 15 is 0 Å². The summed E-state index contributed by atoms with van der Waals surface area (Å²) in [5, 5.41) is 0. The van der Waals surface area contributed by atoms with E-state index in [1.807, 2.05) is 24.3 Å². The van der Waals surface area contributed by atoms with Crippen LogP contribution in [0, 0.1) is 0 Å². The van der Waals surface area contributed by atoms with Gasteiger partial charge in [-0.05, 0) is 24.3 Å². The summed E-state index contributed by atoms with van der Waals surface area (Å²) in [4.78, 5) is 0. The van der Waals surface area contributed by atoms with Gasteiger partial charge in [-0.2, -0.15) is 0 Å². The minimum absolute atomic E-state index is 0.968. The number of rotatable bonds is 1. The molecule has 0 N–H and O–H groups in total. The zero-order chi connectivity index (χ0) is 8.10. The van der Waals surface area contributed by atoms with Gasteiger partial charge in [0, 0.05) is 0 Å². The van der Waals surface area contributed by atoms with Crippen LogP contribution in [0.2, 0.25) is 0 Å². The third-order valence-electron chi connectivity index (χ3n) is 1.56. The van der Waals surface area contributed by atoms with Gasteiger partial charge in [-0.25, -0.2) is 0 Å². The maximum atomic E-state index is 5.08. The van der Waals surface area contributed by atoms with Crippen molar-refractivity contribution >= 4 is 11.2 Å². The van der Waals surface area contributed by atoms with Crippen LogP contribution in [0.5, 0.6) is 0 Å². The first-order chi connectivity index (χ1) is 5.36. The van der Waals surface area contributed by atoms with Gasteiger partial charge in [0.25, 0.3) is 0 Å². The molecule has 0 saturated carbocycles. The summed E-state index contributed by atoms with van der Waals surface area (Å²) in [6, 6.07) is 7.81. The van der Waals surface area contributed by atoms with Gasteiger partial charge in [0.15, 0.2) is 0 Å². The van der Waals surface area contributed by atoms with Crippen LogP contribution in [-0.2, 0) is 0 Å². The molecule has 0 radical (unpaired) electrons. The van der Waals surface area contributed by atoms with Crippen LogP contribution < -0.4 is 0 Å². The molecule has 0 unspecified atom stereocenters. The van der Waals surface area contributed by atoms with E-state index in [1.165, 1.54) is 12.8 Å². The van der Waals surface area contributed by atoms with Crippen LogP contribution in [0.25, 0.3) is 11.2 Å². The highest BCUT2D eigenvalue weighted by molar-refractivity contribution is 5.59. The zero-order valence-corrected chi connectivity index (χ0v) is 7.13. The molecule has 1 heteroatoms. The van der Waals surface area contributed by atoms with Gasteiger partial charge in [-0.15, -0.1) is 0 Å². The second kappa shape index (κ2) is 4.02. The zero-order valence-electron chi connectivity index (χ0n) is 7.13. The minimum Gasteiger partial charge on any atom is -0.457 e. The number of hydrogen-bond acceptors (Lipinski definition) is 1. The standard InChI is InChI=1S/C6H4O.C4H10/c1-2-6-4-3-5(1)7-6;1-3-4-2/h1-4H;3-4H2,1-2H3. The van der Waals surface area contributed by atoms with E-state index in [1.54, 1.807) is 0 Å². The van der Waals surface area contributed by atoms with Gasteiger partial charge in [-0.3, -0.25) is 0 Å². The Hall–Kier alpha value is -0.980. The molecular formula is C10H14O. The highest BCUT2D eigenvalue weighted by Crippen LogP contribution is 2.13. The number of unbranched alkanes of at least 4 members (excludes halogenated alkanes) is 1. The number of benzene rings is 1. The van der Waals surface area contributed by atoms with Crippen LogP contribution in [0.1, 0.15) is 26.7 Å². The van der Waals surface area contributed by atoms with Crippen molar-refractivity contribution in [2.24, 2.45) is 0 Å². The van der Waals surface area contributed by atoms with Gasteiger partial charge in [-0.1, -0.05) is 26.7 Å². The maximum Gasteiger partial charge on any atom is 0.127 e. The van der Waals surface area contributed by atoms with E-state index in [2.05, 4.69) is 13.8 Å². The fraction of sp³-hybridized carbons (Fsp3) is 0.400. The Kier molecular flexibility index (Phi) is 2.96. The van der Waals surface area contributed by atoms with E-state index in [0.717, 1.165) is 11.2 Å². The van der Waals surface area contributed by atoms with Gasteiger partial charge in [0.2, 0.25) is 0 Å². The molecule has 2 rings (SSSR count). The average molecular weight is 150 g/mol. The van der Waals surface area contributed by atoms with Crippen molar-refractivity contribution < 1.29 is 4.42 Å². The van der Waals surface area contributed by atoms with Gasteiger partial charge in [0.1, 0.15) is 11.2 Å². The Morgan fingerprint density at radius 1 is 0.909 bits per heavy atom. The van der Waals surface area contributed by atoms with Crippen molar-refractivity contribution in [3.8, 4) is 0 Å². The van der Waals surface area contributed by atoms with Crippen molar-refractivity contribution in [2.45, 2.75) is 26.7 Å². The first-order valence-corrected chi connectivity index (χ1v) is 4.14. The van der Waals surface area contributed by atoms with E-state index < -0.39 is 0 Å². The Balaban J connectivity index is 0.000000134. The molecule has 2 heterocycles. The van der Waals surface area contributed by atoms with E-state index in [4.69, 9.17) is 4.42 Å². The fourth-order valence-electron chi connectivity index (χ4n) is 0.712. The molecule has 2 bridgehead atoms. The van der Waals surface area contributed by atoms with Crippen molar-refractivity contribution in [2.75, 3.05) is 0 Å². The van der Waals surface area contributed by atoms with Crippen molar-refractivity contribution in [3.63, 3.8) is 0 Å². The number of fused-ring (bicyclic) bond motifs is 2. The fourth-order valence-corrected chi connectivity index (χ4v) is 0.712. The Morgan fingerprint density at radius 3 is 1.36 bits per heavy atom. The van der Waals surface area contributed by atoms with Crippen LogP contribution in [0.15, 0.2) is 28.7 Å². The molecule has 0 aliphatic rings. The molecule has 0 spiro atoms. The molecule has 0 fully saturated rings. The van der Waals surface area contributed by atoms with Crippen molar-refractivity contribution in [1.82, 2.24) is 0 Å². The second-order valence-electron chi connectivity index (χ2n) is 2.57. The molecule has 0 amide bonds. The summed E-state index contributed by atoms with van der Waals surface area (Å²) in [7, 11) is 0. The van der Waals surface area contributed by atoms with Gasteiger partial charge in [0.05, 0.1) is 0 Å². The molecule has 0 atom stereocenters. The Labute approximate surface area is 67.4 Å². The number of furan rings is 2. The molecule has 0 aromatic carbocycles. The molecule has 2 aromatic rings. The third-order valence-corrected chi connectivity index (χ3v) is 1.56. The molecule has 2 aromatic heterocycles. The summed E-state index contributed by atoms with van der Waals surface area (Å²) in [5.41, 5.74) is 1.94. The van der Waals surface area contributed by atoms with Crippen molar-refractivity contribution in [3.05, 3.63) is 24.3 Å². The van der Waals surface area contributed by atoms with E-state index in [-0.39, 0.29) is 0 Å². The van der Waals surface area contributed by atoms with E-state index in [0.29, 0.717) is 0 Å². The lowest BCUT2D eigenvalue weighted by molar-refractivity contribution is 0.675. The Bertz CT molecular complexity index is 224. The number of hydrogen-bond donors (Lipinski definition) is 0. The predicted molar refractivity (Wildman–Crippen MR) is 48.0 cm³/mol. The molecule has 0 aliphatic heterocycles. The monoisotopic (exact) mass is 150 g/mol. The van der Waals surface area contributed by atoms with Crippen LogP contribution >= 0.6 is 0 Å². The van der Waals surface area contributed by atoms with Gasteiger partial charge < -0.3 is 4.42 Å². The van der Waals surface area contributed by atoms with Crippen molar-refractivity contribution in [1.29, 1.82) is 0 Å². The molecule has 1 nitrogen and oxygen atoms in total. The SMILES string of the molecule is CCCC.c1cc2ccc1o2. The third kappa shape index (κ3) is 2.26.